The van der Waals surface area contributed by atoms with Gasteiger partial charge in [0.05, 0.1) is 6.10 Å². The molecule has 10 heavy (non-hydrogen) atoms. The van der Waals surface area contributed by atoms with Gasteiger partial charge >= 0.3 is 0 Å². The predicted octanol–water partition coefficient (Wildman–Crippen LogP) is 2.28. The minimum atomic E-state index is -0.392. The Morgan fingerprint density at radius 2 is 2.10 bits per heavy atom. The Hall–Kier alpha value is -0.560. The Balaban J connectivity index is 3.45. The van der Waals surface area contributed by atoms with Gasteiger partial charge in [-0.15, -0.1) is 0 Å². The molecular weight excluding hydrogens is 124 g/mol. The highest BCUT2D eigenvalue weighted by Gasteiger charge is 1.86. The van der Waals surface area contributed by atoms with E-state index in [2.05, 4.69) is 6.92 Å². The van der Waals surface area contributed by atoms with Crippen molar-refractivity contribution in [1.29, 1.82) is 0 Å². The smallest absolute Gasteiger partial charge is 0.0902 e. The van der Waals surface area contributed by atoms with E-state index in [-0.39, 0.29) is 0 Å². The quantitative estimate of drug-likeness (QED) is 0.594. The molecule has 0 heterocycles. The Morgan fingerprint density at radius 1 is 1.40 bits per heavy atom. The van der Waals surface area contributed by atoms with Gasteiger partial charge in [-0.1, -0.05) is 37.6 Å². The van der Waals surface area contributed by atoms with E-state index in [9.17, 15) is 0 Å². The van der Waals surface area contributed by atoms with Gasteiger partial charge in [-0.2, -0.15) is 0 Å². The fraction of sp³-hybridized carbons (Fsp3) is 0.556. The van der Waals surface area contributed by atoms with Crippen LogP contribution in [0.4, 0.5) is 0 Å². The van der Waals surface area contributed by atoms with Gasteiger partial charge in [-0.25, -0.2) is 0 Å². The molecule has 0 spiro atoms. The third-order valence-electron chi connectivity index (χ3n) is 1.18. The Morgan fingerprint density at radius 3 is 2.60 bits per heavy atom. The summed E-state index contributed by atoms with van der Waals surface area (Å²) in [7, 11) is 0. The maximum absolute atomic E-state index is 9.10. The minimum absolute atomic E-state index is 0.392. The van der Waals surface area contributed by atoms with E-state index in [0.717, 1.165) is 12.8 Å². The average molecular weight is 140 g/mol. The summed E-state index contributed by atoms with van der Waals surface area (Å²) in [6.07, 6.45) is 9.21. The summed E-state index contributed by atoms with van der Waals surface area (Å²) < 4.78 is 0. The van der Waals surface area contributed by atoms with Gasteiger partial charge < -0.3 is 5.11 Å². The molecular formula is C9H16O. The molecule has 1 nitrogen and oxygen atoms in total. The molecule has 0 aromatic carbocycles. The highest BCUT2D eigenvalue weighted by atomic mass is 16.3. The predicted molar refractivity (Wildman–Crippen MR) is 44.9 cm³/mol. The third kappa shape index (κ3) is 5.57. The standard InChI is InChI=1S/C9H16O/c1-3-5-6-8-9(10)7-4-2/h4,6-10H,3,5H2,1-2H3/b7-4+,8-6+. The first-order valence-corrected chi connectivity index (χ1v) is 3.78. The van der Waals surface area contributed by atoms with Crippen molar-refractivity contribution in [2.45, 2.75) is 32.8 Å². The van der Waals surface area contributed by atoms with E-state index in [1.165, 1.54) is 0 Å². The van der Waals surface area contributed by atoms with Crippen LogP contribution >= 0.6 is 0 Å². The Labute approximate surface area is 63.1 Å². The lowest BCUT2D eigenvalue weighted by atomic mass is 10.2. The van der Waals surface area contributed by atoms with Crippen LogP contribution in [0.15, 0.2) is 24.3 Å². The number of aliphatic hydroxyl groups excluding tert-OH is 1. The second-order valence-corrected chi connectivity index (χ2v) is 2.23. The highest BCUT2D eigenvalue weighted by Crippen LogP contribution is 1.93. The number of aliphatic hydroxyl groups is 1. The first-order chi connectivity index (χ1) is 4.81. The summed E-state index contributed by atoms with van der Waals surface area (Å²) >= 11 is 0. The van der Waals surface area contributed by atoms with Crippen LogP contribution in [0.25, 0.3) is 0 Å². The summed E-state index contributed by atoms with van der Waals surface area (Å²) in [4.78, 5) is 0. The van der Waals surface area contributed by atoms with Crippen molar-refractivity contribution in [2.24, 2.45) is 0 Å². The van der Waals surface area contributed by atoms with Crippen LogP contribution < -0.4 is 0 Å². The van der Waals surface area contributed by atoms with Gasteiger partial charge in [0.15, 0.2) is 0 Å². The SMILES string of the molecule is C/C=C/C(O)/C=C/CCC. The second kappa shape index (κ2) is 6.56. The zero-order valence-corrected chi connectivity index (χ0v) is 6.75. The molecule has 0 saturated heterocycles. The van der Waals surface area contributed by atoms with Crippen LogP contribution in [0.3, 0.4) is 0 Å². The topological polar surface area (TPSA) is 20.2 Å². The molecule has 0 fully saturated rings. The molecule has 0 radical (unpaired) electrons. The fourth-order valence-corrected chi connectivity index (χ4v) is 0.664. The summed E-state index contributed by atoms with van der Waals surface area (Å²) in [6, 6.07) is 0. The zero-order chi connectivity index (χ0) is 7.82. The van der Waals surface area contributed by atoms with Gasteiger partial charge in [-0.05, 0) is 13.3 Å². The van der Waals surface area contributed by atoms with Crippen LogP contribution in [0.2, 0.25) is 0 Å². The Kier molecular flexibility index (Phi) is 6.19. The van der Waals surface area contributed by atoms with E-state index >= 15 is 0 Å². The first-order valence-electron chi connectivity index (χ1n) is 3.78. The Bertz CT molecular complexity index is 114. The lowest BCUT2D eigenvalue weighted by Crippen LogP contribution is -1.94. The largest absolute Gasteiger partial charge is 0.385 e. The molecule has 0 bridgehead atoms. The lowest BCUT2D eigenvalue weighted by molar-refractivity contribution is 0.271. The van der Waals surface area contributed by atoms with Crippen LogP contribution in [0, 0.1) is 0 Å². The van der Waals surface area contributed by atoms with Crippen molar-refractivity contribution in [3.8, 4) is 0 Å². The van der Waals surface area contributed by atoms with Crippen LogP contribution in [-0.2, 0) is 0 Å². The number of rotatable bonds is 4. The minimum Gasteiger partial charge on any atom is -0.385 e. The molecule has 0 aliphatic carbocycles. The monoisotopic (exact) mass is 140 g/mol. The highest BCUT2D eigenvalue weighted by molar-refractivity contribution is 5.00. The van der Waals surface area contributed by atoms with Crippen molar-refractivity contribution >= 4 is 0 Å². The summed E-state index contributed by atoms with van der Waals surface area (Å²) in [5, 5.41) is 9.10. The fourth-order valence-electron chi connectivity index (χ4n) is 0.664. The molecule has 58 valence electrons. The van der Waals surface area contributed by atoms with Crippen LogP contribution in [0.5, 0.6) is 0 Å². The number of unbranched alkanes of at least 4 members (excludes halogenated alkanes) is 1. The molecule has 1 atom stereocenters. The zero-order valence-electron chi connectivity index (χ0n) is 6.75. The summed E-state index contributed by atoms with van der Waals surface area (Å²) in [6.45, 7) is 4.02. The summed E-state index contributed by atoms with van der Waals surface area (Å²) in [5.74, 6) is 0. The second-order valence-electron chi connectivity index (χ2n) is 2.23. The number of allylic oxidation sites excluding steroid dienone is 2. The number of hydrogen-bond acceptors (Lipinski definition) is 1. The molecule has 0 aromatic rings. The van der Waals surface area contributed by atoms with E-state index in [0.29, 0.717) is 0 Å². The van der Waals surface area contributed by atoms with Gasteiger partial charge in [0, 0.05) is 0 Å². The van der Waals surface area contributed by atoms with Crippen molar-refractivity contribution < 1.29 is 5.11 Å². The molecule has 1 N–H and O–H groups in total. The van der Waals surface area contributed by atoms with Crippen molar-refractivity contribution in [1.82, 2.24) is 0 Å². The van der Waals surface area contributed by atoms with Gasteiger partial charge in [0.25, 0.3) is 0 Å². The molecule has 0 aromatic heterocycles. The van der Waals surface area contributed by atoms with Crippen molar-refractivity contribution in [3.05, 3.63) is 24.3 Å². The summed E-state index contributed by atoms with van der Waals surface area (Å²) in [5.41, 5.74) is 0. The number of hydrogen-bond donors (Lipinski definition) is 1. The molecule has 0 saturated carbocycles. The molecule has 0 amide bonds. The average Bonchev–Trinajstić information content (AvgIpc) is 1.89. The molecule has 0 aliphatic rings. The maximum Gasteiger partial charge on any atom is 0.0902 e. The molecule has 1 unspecified atom stereocenters. The normalized spacial score (nSPS) is 15.1. The van der Waals surface area contributed by atoms with E-state index in [1.54, 1.807) is 6.08 Å². The van der Waals surface area contributed by atoms with Gasteiger partial charge in [0.2, 0.25) is 0 Å². The lowest BCUT2D eigenvalue weighted by Gasteiger charge is -1.94. The van der Waals surface area contributed by atoms with Gasteiger partial charge in [0.1, 0.15) is 0 Å². The van der Waals surface area contributed by atoms with E-state index < -0.39 is 6.10 Å². The van der Waals surface area contributed by atoms with Crippen molar-refractivity contribution in [3.63, 3.8) is 0 Å². The van der Waals surface area contributed by atoms with Crippen LogP contribution in [-0.4, -0.2) is 11.2 Å². The van der Waals surface area contributed by atoms with Crippen molar-refractivity contribution in [2.75, 3.05) is 0 Å². The molecule has 0 rings (SSSR count). The van der Waals surface area contributed by atoms with E-state index in [4.69, 9.17) is 5.11 Å². The van der Waals surface area contributed by atoms with E-state index in [1.807, 2.05) is 25.2 Å². The van der Waals surface area contributed by atoms with Crippen LogP contribution in [0.1, 0.15) is 26.7 Å². The molecule has 0 aliphatic heterocycles. The first kappa shape index (κ1) is 9.44. The maximum atomic E-state index is 9.10. The van der Waals surface area contributed by atoms with Gasteiger partial charge in [-0.3, -0.25) is 0 Å². The molecule has 1 heteroatoms. The third-order valence-corrected chi connectivity index (χ3v) is 1.18.